The summed E-state index contributed by atoms with van der Waals surface area (Å²) in [5.41, 5.74) is 1.14. The zero-order valence-corrected chi connectivity index (χ0v) is 11.2. The molecular formula is C15H20FNO2. The Morgan fingerprint density at radius 1 is 1.42 bits per heavy atom. The molecule has 1 aromatic rings. The Morgan fingerprint density at radius 3 is 2.89 bits per heavy atom. The first kappa shape index (κ1) is 14.0. The summed E-state index contributed by atoms with van der Waals surface area (Å²) in [6.45, 7) is 1.88. The SMILES string of the molecule is Cc1ccc(F)cc1C(=O)NC1CCCCC1CO. The van der Waals surface area contributed by atoms with Gasteiger partial charge in [0.2, 0.25) is 0 Å². The van der Waals surface area contributed by atoms with Gasteiger partial charge in [-0.2, -0.15) is 0 Å². The lowest BCUT2D eigenvalue weighted by atomic mass is 9.85. The number of halogens is 1. The van der Waals surface area contributed by atoms with Gasteiger partial charge in [0.25, 0.3) is 5.91 Å². The van der Waals surface area contributed by atoms with Crippen molar-refractivity contribution in [2.45, 2.75) is 38.6 Å². The van der Waals surface area contributed by atoms with E-state index in [-0.39, 0.29) is 24.5 Å². The molecule has 0 spiro atoms. The number of rotatable bonds is 3. The zero-order chi connectivity index (χ0) is 13.8. The minimum absolute atomic E-state index is 0.00563. The lowest BCUT2D eigenvalue weighted by molar-refractivity contribution is 0.0871. The van der Waals surface area contributed by atoms with Gasteiger partial charge in [-0.3, -0.25) is 4.79 Å². The number of amides is 1. The van der Waals surface area contributed by atoms with E-state index in [0.29, 0.717) is 5.56 Å². The van der Waals surface area contributed by atoms with E-state index in [2.05, 4.69) is 5.32 Å². The number of nitrogens with one attached hydrogen (secondary N) is 1. The van der Waals surface area contributed by atoms with E-state index in [0.717, 1.165) is 31.2 Å². The number of hydrogen-bond donors (Lipinski definition) is 2. The van der Waals surface area contributed by atoms with Crippen LogP contribution in [0.25, 0.3) is 0 Å². The molecule has 104 valence electrons. The Balaban J connectivity index is 2.09. The summed E-state index contributed by atoms with van der Waals surface area (Å²) in [7, 11) is 0. The molecule has 0 bridgehead atoms. The van der Waals surface area contributed by atoms with Crippen LogP contribution in [0.2, 0.25) is 0 Å². The second kappa shape index (κ2) is 6.15. The fraction of sp³-hybridized carbons (Fsp3) is 0.533. The molecule has 4 heteroatoms. The van der Waals surface area contributed by atoms with E-state index in [1.165, 1.54) is 12.1 Å². The third-order valence-corrected chi connectivity index (χ3v) is 3.90. The van der Waals surface area contributed by atoms with Crippen LogP contribution in [-0.4, -0.2) is 23.7 Å². The molecule has 2 rings (SSSR count). The lowest BCUT2D eigenvalue weighted by Gasteiger charge is -2.31. The van der Waals surface area contributed by atoms with Crippen molar-refractivity contribution in [1.29, 1.82) is 0 Å². The van der Waals surface area contributed by atoms with Crippen molar-refractivity contribution in [3.8, 4) is 0 Å². The van der Waals surface area contributed by atoms with Gasteiger partial charge in [-0.1, -0.05) is 18.9 Å². The summed E-state index contributed by atoms with van der Waals surface area (Å²) in [5.74, 6) is -0.535. The maximum atomic E-state index is 13.2. The molecule has 3 nitrogen and oxygen atoms in total. The summed E-state index contributed by atoms with van der Waals surface area (Å²) >= 11 is 0. The van der Waals surface area contributed by atoms with Gasteiger partial charge in [0, 0.05) is 24.1 Å². The van der Waals surface area contributed by atoms with Crippen LogP contribution in [0.15, 0.2) is 18.2 Å². The van der Waals surface area contributed by atoms with Crippen molar-refractivity contribution in [3.05, 3.63) is 35.1 Å². The van der Waals surface area contributed by atoms with Crippen LogP contribution in [-0.2, 0) is 0 Å². The Hall–Kier alpha value is -1.42. The quantitative estimate of drug-likeness (QED) is 0.881. The number of aliphatic hydroxyl groups is 1. The third kappa shape index (κ3) is 3.32. The number of benzene rings is 1. The number of carbonyl (C=O) groups excluding carboxylic acids is 1. The van der Waals surface area contributed by atoms with Gasteiger partial charge in [0.1, 0.15) is 5.82 Å². The summed E-state index contributed by atoms with van der Waals surface area (Å²) in [6.07, 6.45) is 3.97. The van der Waals surface area contributed by atoms with Gasteiger partial charge in [0.15, 0.2) is 0 Å². The maximum Gasteiger partial charge on any atom is 0.251 e. The summed E-state index contributed by atoms with van der Waals surface area (Å²) in [6, 6.07) is 4.22. The first-order chi connectivity index (χ1) is 9.11. The fourth-order valence-electron chi connectivity index (χ4n) is 2.70. The van der Waals surface area contributed by atoms with Crippen LogP contribution in [0.1, 0.15) is 41.6 Å². The second-order valence-electron chi connectivity index (χ2n) is 5.27. The van der Waals surface area contributed by atoms with Crippen molar-refractivity contribution in [3.63, 3.8) is 0 Å². The Morgan fingerprint density at radius 2 is 2.16 bits per heavy atom. The largest absolute Gasteiger partial charge is 0.396 e. The number of carbonyl (C=O) groups is 1. The van der Waals surface area contributed by atoms with E-state index < -0.39 is 5.82 Å². The van der Waals surface area contributed by atoms with Crippen LogP contribution in [0.4, 0.5) is 4.39 Å². The highest BCUT2D eigenvalue weighted by molar-refractivity contribution is 5.95. The molecule has 2 unspecified atom stereocenters. The normalized spacial score (nSPS) is 23.1. The van der Waals surface area contributed by atoms with E-state index in [1.807, 2.05) is 0 Å². The number of aryl methyl sites for hydroxylation is 1. The first-order valence-corrected chi connectivity index (χ1v) is 6.79. The molecule has 1 saturated carbocycles. The van der Waals surface area contributed by atoms with Crippen LogP contribution < -0.4 is 5.32 Å². The first-order valence-electron chi connectivity index (χ1n) is 6.79. The lowest BCUT2D eigenvalue weighted by Crippen LogP contribution is -2.43. The van der Waals surface area contributed by atoms with Crippen LogP contribution in [0, 0.1) is 18.7 Å². The highest BCUT2D eigenvalue weighted by Crippen LogP contribution is 2.24. The standard InChI is InChI=1S/C15H20FNO2/c1-10-6-7-12(16)8-13(10)15(19)17-14-5-3-2-4-11(14)9-18/h6-8,11,14,18H,2-5,9H2,1H3,(H,17,19). The monoisotopic (exact) mass is 265 g/mol. The minimum Gasteiger partial charge on any atom is -0.396 e. The average Bonchev–Trinajstić information content (AvgIpc) is 2.42. The van der Waals surface area contributed by atoms with Crippen molar-refractivity contribution in [1.82, 2.24) is 5.32 Å². The number of aliphatic hydroxyl groups excluding tert-OH is 1. The summed E-state index contributed by atoms with van der Waals surface area (Å²) in [5, 5.41) is 12.3. The molecule has 1 amide bonds. The summed E-state index contributed by atoms with van der Waals surface area (Å²) in [4.78, 5) is 12.2. The van der Waals surface area contributed by atoms with E-state index in [9.17, 15) is 14.3 Å². The van der Waals surface area contributed by atoms with Gasteiger partial charge in [-0.25, -0.2) is 4.39 Å². The molecule has 1 fully saturated rings. The van der Waals surface area contributed by atoms with Crippen molar-refractivity contribution in [2.24, 2.45) is 5.92 Å². The molecule has 19 heavy (non-hydrogen) atoms. The molecule has 1 aromatic carbocycles. The van der Waals surface area contributed by atoms with E-state index in [1.54, 1.807) is 13.0 Å². The van der Waals surface area contributed by atoms with Crippen molar-refractivity contribution >= 4 is 5.91 Å². The topological polar surface area (TPSA) is 49.3 Å². The van der Waals surface area contributed by atoms with E-state index >= 15 is 0 Å². The molecule has 2 atom stereocenters. The van der Waals surface area contributed by atoms with Gasteiger partial charge in [-0.15, -0.1) is 0 Å². The van der Waals surface area contributed by atoms with Crippen LogP contribution in [0.5, 0.6) is 0 Å². The molecule has 0 aliphatic heterocycles. The Kier molecular flexibility index (Phi) is 4.53. The Bertz CT molecular complexity index is 461. The molecule has 0 radical (unpaired) electrons. The molecule has 0 heterocycles. The molecule has 1 aliphatic carbocycles. The maximum absolute atomic E-state index is 13.2. The van der Waals surface area contributed by atoms with Gasteiger partial charge >= 0.3 is 0 Å². The molecule has 0 saturated heterocycles. The van der Waals surface area contributed by atoms with Crippen molar-refractivity contribution < 1.29 is 14.3 Å². The molecule has 1 aliphatic rings. The highest BCUT2D eigenvalue weighted by Gasteiger charge is 2.26. The fourth-order valence-corrected chi connectivity index (χ4v) is 2.70. The summed E-state index contributed by atoms with van der Waals surface area (Å²) < 4.78 is 13.2. The second-order valence-corrected chi connectivity index (χ2v) is 5.27. The smallest absolute Gasteiger partial charge is 0.251 e. The van der Waals surface area contributed by atoms with Crippen molar-refractivity contribution in [2.75, 3.05) is 6.61 Å². The predicted octanol–water partition coefficient (Wildman–Crippen LogP) is 2.42. The molecule has 0 aromatic heterocycles. The number of hydrogen-bond acceptors (Lipinski definition) is 2. The third-order valence-electron chi connectivity index (χ3n) is 3.90. The van der Waals surface area contributed by atoms with Crippen LogP contribution in [0.3, 0.4) is 0 Å². The van der Waals surface area contributed by atoms with Gasteiger partial charge in [0.05, 0.1) is 0 Å². The van der Waals surface area contributed by atoms with Crippen LogP contribution >= 0.6 is 0 Å². The predicted molar refractivity (Wildman–Crippen MR) is 71.4 cm³/mol. The molecular weight excluding hydrogens is 245 g/mol. The minimum atomic E-state index is -0.405. The molecule has 2 N–H and O–H groups in total. The van der Waals surface area contributed by atoms with Gasteiger partial charge < -0.3 is 10.4 Å². The highest BCUT2D eigenvalue weighted by atomic mass is 19.1. The Labute approximate surface area is 112 Å². The van der Waals surface area contributed by atoms with Gasteiger partial charge in [-0.05, 0) is 37.5 Å². The van der Waals surface area contributed by atoms with E-state index in [4.69, 9.17) is 0 Å². The average molecular weight is 265 g/mol. The zero-order valence-electron chi connectivity index (χ0n) is 11.2.